The number of carbonyl (C=O) groups excluding carboxylic acids is 3. The van der Waals surface area contributed by atoms with Gasteiger partial charge in [0.1, 0.15) is 11.6 Å². The van der Waals surface area contributed by atoms with Crippen molar-refractivity contribution in [2.24, 2.45) is 11.8 Å². The molecular weight excluding hydrogens is 380 g/mol. The first-order valence-corrected chi connectivity index (χ1v) is 11.6. The fourth-order valence-electron chi connectivity index (χ4n) is 4.03. The predicted octanol–water partition coefficient (Wildman–Crippen LogP) is 5.59. The molecule has 0 aromatic rings. The summed E-state index contributed by atoms with van der Waals surface area (Å²) in [7, 11) is 1.37. The summed E-state index contributed by atoms with van der Waals surface area (Å²) < 4.78 is 10.8. The molecule has 1 rings (SSSR count). The molecule has 1 aliphatic rings. The van der Waals surface area contributed by atoms with Gasteiger partial charge in [-0.15, -0.1) is 0 Å². The number of rotatable bonds is 14. The van der Waals surface area contributed by atoms with Crippen LogP contribution < -0.4 is 0 Å². The largest absolute Gasteiger partial charge is 0.469 e. The third kappa shape index (κ3) is 10.5. The lowest BCUT2D eigenvalue weighted by Crippen LogP contribution is -2.31. The predicted molar refractivity (Wildman–Crippen MR) is 119 cm³/mol. The first-order chi connectivity index (χ1) is 14.2. The van der Waals surface area contributed by atoms with Crippen LogP contribution in [0.3, 0.4) is 0 Å². The van der Waals surface area contributed by atoms with Crippen molar-refractivity contribution in [2.45, 2.75) is 110 Å². The van der Waals surface area contributed by atoms with E-state index in [0.717, 1.165) is 12.8 Å². The zero-order chi connectivity index (χ0) is 22.6. The van der Waals surface area contributed by atoms with Gasteiger partial charge >= 0.3 is 5.97 Å². The molecule has 0 aromatic heterocycles. The van der Waals surface area contributed by atoms with Gasteiger partial charge in [0.2, 0.25) is 0 Å². The van der Waals surface area contributed by atoms with Gasteiger partial charge in [-0.2, -0.15) is 0 Å². The Morgan fingerprint density at radius 3 is 2.40 bits per heavy atom. The molecule has 0 heterocycles. The average molecular weight is 423 g/mol. The van der Waals surface area contributed by atoms with Gasteiger partial charge in [-0.1, -0.05) is 38.3 Å². The molecule has 5 nitrogen and oxygen atoms in total. The number of ether oxygens (including phenoxy) is 2. The molecule has 3 atom stereocenters. The van der Waals surface area contributed by atoms with Crippen LogP contribution in [0.15, 0.2) is 12.2 Å². The van der Waals surface area contributed by atoms with Crippen molar-refractivity contribution in [1.82, 2.24) is 0 Å². The number of esters is 1. The van der Waals surface area contributed by atoms with Gasteiger partial charge < -0.3 is 9.47 Å². The van der Waals surface area contributed by atoms with E-state index in [1.807, 2.05) is 20.8 Å². The van der Waals surface area contributed by atoms with E-state index < -0.39 is 0 Å². The van der Waals surface area contributed by atoms with Gasteiger partial charge in [-0.25, -0.2) is 0 Å². The normalized spacial score (nSPS) is 22.0. The number of hydrogen-bond acceptors (Lipinski definition) is 5. The Morgan fingerprint density at radius 2 is 1.77 bits per heavy atom. The number of unbranched alkanes of at least 4 members (excludes halogenated alkanes) is 5. The van der Waals surface area contributed by atoms with Crippen molar-refractivity contribution in [3.8, 4) is 0 Å². The lowest BCUT2D eigenvalue weighted by molar-refractivity contribution is -0.140. The number of ketones is 2. The van der Waals surface area contributed by atoms with Crippen LogP contribution in [0.25, 0.3) is 0 Å². The molecule has 0 aromatic carbocycles. The van der Waals surface area contributed by atoms with Gasteiger partial charge in [0, 0.05) is 37.5 Å². The minimum absolute atomic E-state index is 0.0399. The molecule has 1 fully saturated rings. The van der Waals surface area contributed by atoms with E-state index in [1.165, 1.54) is 26.4 Å². The van der Waals surface area contributed by atoms with Crippen molar-refractivity contribution in [3.63, 3.8) is 0 Å². The maximum atomic E-state index is 12.7. The van der Waals surface area contributed by atoms with Crippen molar-refractivity contribution < 1.29 is 23.9 Å². The number of carbonyl (C=O) groups is 3. The Hall–Kier alpha value is -1.49. The van der Waals surface area contributed by atoms with E-state index in [1.54, 1.807) is 0 Å². The zero-order valence-corrected chi connectivity index (χ0v) is 19.7. The first kappa shape index (κ1) is 26.5. The molecule has 1 unspecified atom stereocenters. The summed E-state index contributed by atoms with van der Waals surface area (Å²) in [5.74, 6) is -0.359. The van der Waals surface area contributed by atoms with Crippen LogP contribution in [0.1, 0.15) is 98.3 Å². The highest BCUT2D eigenvalue weighted by Crippen LogP contribution is 2.37. The summed E-state index contributed by atoms with van der Waals surface area (Å²) in [5, 5.41) is 0. The summed E-state index contributed by atoms with van der Waals surface area (Å²) in [6.45, 7) is 8.21. The van der Waals surface area contributed by atoms with Crippen molar-refractivity contribution in [3.05, 3.63) is 12.2 Å². The van der Waals surface area contributed by atoms with Gasteiger partial charge in [0.15, 0.2) is 0 Å². The fraction of sp³-hybridized carbons (Fsp3) is 0.800. The van der Waals surface area contributed by atoms with Crippen molar-refractivity contribution in [1.29, 1.82) is 0 Å². The van der Waals surface area contributed by atoms with Crippen LogP contribution in [0.5, 0.6) is 0 Å². The number of Topliss-reactive ketones (excluding diaryl/α,β-unsaturated/α-hetero) is 2. The molecule has 0 amide bonds. The lowest BCUT2D eigenvalue weighted by atomic mass is 9.87. The Balaban J connectivity index is 2.66. The molecule has 1 saturated carbocycles. The highest BCUT2D eigenvalue weighted by molar-refractivity contribution is 5.90. The SMILES string of the molecule is CCCCCC/C=C/[C@H]1C(OC(C)(C)C)CC(=O)[C@@H]1CC(=O)CCCCC(=O)OC. The van der Waals surface area contributed by atoms with E-state index in [0.29, 0.717) is 32.1 Å². The number of methoxy groups -OCH3 is 1. The maximum absolute atomic E-state index is 12.7. The Labute approximate surface area is 183 Å². The molecule has 0 radical (unpaired) electrons. The third-order valence-electron chi connectivity index (χ3n) is 5.56. The molecule has 0 spiro atoms. The van der Waals surface area contributed by atoms with E-state index in [-0.39, 0.29) is 47.5 Å². The van der Waals surface area contributed by atoms with Crippen LogP contribution >= 0.6 is 0 Å². The Kier molecular flexibility index (Phi) is 12.2. The van der Waals surface area contributed by atoms with Crippen LogP contribution in [-0.4, -0.2) is 36.4 Å². The lowest BCUT2D eigenvalue weighted by Gasteiger charge is -2.28. The second kappa shape index (κ2) is 13.7. The van der Waals surface area contributed by atoms with Gasteiger partial charge in [0.05, 0.1) is 18.8 Å². The molecule has 30 heavy (non-hydrogen) atoms. The smallest absolute Gasteiger partial charge is 0.305 e. The highest BCUT2D eigenvalue weighted by Gasteiger charge is 2.43. The van der Waals surface area contributed by atoms with E-state index in [2.05, 4.69) is 23.8 Å². The van der Waals surface area contributed by atoms with Crippen LogP contribution in [-0.2, 0) is 23.9 Å². The van der Waals surface area contributed by atoms with Gasteiger partial charge in [0.25, 0.3) is 0 Å². The average Bonchev–Trinajstić information content (AvgIpc) is 2.94. The maximum Gasteiger partial charge on any atom is 0.305 e. The van der Waals surface area contributed by atoms with E-state index >= 15 is 0 Å². The van der Waals surface area contributed by atoms with E-state index in [4.69, 9.17) is 4.74 Å². The monoisotopic (exact) mass is 422 g/mol. The minimum Gasteiger partial charge on any atom is -0.469 e. The Morgan fingerprint density at radius 1 is 1.07 bits per heavy atom. The van der Waals surface area contributed by atoms with Crippen molar-refractivity contribution in [2.75, 3.05) is 7.11 Å². The molecule has 0 bridgehead atoms. The molecular formula is C25H42O5. The molecule has 1 aliphatic carbocycles. The summed E-state index contributed by atoms with van der Waals surface area (Å²) in [4.78, 5) is 36.4. The van der Waals surface area contributed by atoms with E-state index in [9.17, 15) is 14.4 Å². The van der Waals surface area contributed by atoms with Crippen LogP contribution in [0, 0.1) is 11.8 Å². The van der Waals surface area contributed by atoms with Crippen LogP contribution in [0.2, 0.25) is 0 Å². The minimum atomic E-state index is -0.328. The third-order valence-corrected chi connectivity index (χ3v) is 5.56. The quantitative estimate of drug-likeness (QED) is 0.207. The topological polar surface area (TPSA) is 69.7 Å². The molecule has 172 valence electrons. The van der Waals surface area contributed by atoms with Gasteiger partial charge in [-0.3, -0.25) is 14.4 Å². The summed E-state index contributed by atoms with van der Waals surface area (Å²) >= 11 is 0. The molecule has 0 N–H and O–H groups in total. The molecule has 0 aliphatic heterocycles. The summed E-state index contributed by atoms with van der Waals surface area (Å²) in [5.41, 5.74) is -0.328. The van der Waals surface area contributed by atoms with Gasteiger partial charge in [-0.05, 0) is 46.5 Å². The number of hydrogen-bond donors (Lipinski definition) is 0. The highest BCUT2D eigenvalue weighted by atomic mass is 16.5. The standard InChI is InChI=1S/C25H42O5/c1-6-7-8-9-10-11-15-20-21(22(27)18-23(20)30-25(2,3)4)17-19(26)14-12-13-16-24(28)29-5/h11,15,20-21,23H,6-10,12-14,16-18H2,1-5H3/b15-11+/t20-,21-,23?/m1/s1. The first-order valence-electron chi connectivity index (χ1n) is 11.6. The van der Waals surface area contributed by atoms with Crippen LogP contribution in [0.4, 0.5) is 0 Å². The zero-order valence-electron chi connectivity index (χ0n) is 19.7. The fourth-order valence-corrected chi connectivity index (χ4v) is 4.03. The summed E-state index contributed by atoms with van der Waals surface area (Å²) in [6.07, 6.45) is 12.6. The second-order valence-corrected chi connectivity index (χ2v) is 9.43. The second-order valence-electron chi connectivity index (χ2n) is 9.43. The number of allylic oxidation sites excluding steroid dienone is 1. The molecule has 0 saturated heterocycles. The van der Waals surface area contributed by atoms with Crippen molar-refractivity contribution >= 4 is 17.5 Å². The Bertz CT molecular complexity index is 573. The summed E-state index contributed by atoms with van der Waals surface area (Å²) in [6, 6.07) is 0. The molecule has 5 heteroatoms.